The number of hydrogen-bond acceptors (Lipinski definition) is 3. The van der Waals surface area contributed by atoms with Crippen LogP contribution in [0, 0.1) is 0 Å². The maximum atomic E-state index is 6.05. The van der Waals surface area contributed by atoms with E-state index < -0.39 is 0 Å². The van der Waals surface area contributed by atoms with Gasteiger partial charge in [-0.1, -0.05) is 0 Å². The van der Waals surface area contributed by atoms with Gasteiger partial charge in [0.1, 0.15) is 11.5 Å². The molecule has 1 aromatic rings. The second kappa shape index (κ2) is 3.14. The first-order chi connectivity index (χ1) is 7.29. The van der Waals surface area contributed by atoms with Gasteiger partial charge in [0.25, 0.3) is 0 Å². The summed E-state index contributed by atoms with van der Waals surface area (Å²) in [6.45, 7) is 0.781. The van der Waals surface area contributed by atoms with Crippen molar-refractivity contribution in [1.82, 2.24) is 0 Å². The molecule has 0 fully saturated rings. The monoisotopic (exact) mass is 205 g/mol. The van der Waals surface area contributed by atoms with Crippen LogP contribution in [0.1, 0.15) is 23.5 Å². The summed E-state index contributed by atoms with van der Waals surface area (Å²) in [7, 11) is 1.71. The van der Waals surface area contributed by atoms with Crippen LogP contribution in [0.15, 0.2) is 12.1 Å². The molecular weight excluding hydrogens is 190 g/mol. The Bertz CT molecular complexity index is 403. The molecular formula is C12H15NO2. The topological polar surface area (TPSA) is 44.5 Å². The molecule has 0 saturated heterocycles. The molecule has 0 radical (unpaired) electrons. The molecule has 0 amide bonds. The minimum atomic E-state index is 0.244. The van der Waals surface area contributed by atoms with Gasteiger partial charge in [0.2, 0.25) is 0 Å². The molecule has 2 N–H and O–H groups in total. The van der Waals surface area contributed by atoms with Gasteiger partial charge in [0.05, 0.1) is 13.7 Å². The highest BCUT2D eigenvalue weighted by atomic mass is 16.5. The maximum Gasteiger partial charge on any atom is 0.123 e. The predicted octanol–water partition coefficient (Wildman–Crippen LogP) is 1.44. The first-order valence-electron chi connectivity index (χ1n) is 5.37. The van der Waals surface area contributed by atoms with E-state index >= 15 is 0 Å². The Hall–Kier alpha value is -1.22. The molecule has 0 saturated carbocycles. The average molecular weight is 205 g/mol. The second-order valence-corrected chi connectivity index (χ2v) is 4.37. The summed E-state index contributed by atoms with van der Waals surface area (Å²) in [6.07, 6.45) is 1.94. The lowest BCUT2D eigenvalue weighted by Gasteiger charge is -2.26. The molecule has 2 atom stereocenters. The molecule has 2 aliphatic rings. The van der Waals surface area contributed by atoms with Crippen molar-refractivity contribution in [3.63, 3.8) is 0 Å². The lowest BCUT2D eigenvalue weighted by atomic mass is 9.81. The van der Waals surface area contributed by atoms with Crippen molar-refractivity contribution in [1.29, 1.82) is 0 Å². The third kappa shape index (κ3) is 1.23. The normalized spacial score (nSPS) is 27.1. The summed E-state index contributed by atoms with van der Waals surface area (Å²) in [5.74, 6) is 2.47. The fraction of sp³-hybridized carbons (Fsp3) is 0.500. The van der Waals surface area contributed by atoms with E-state index in [2.05, 4.69) is 0 Å². The summed E-state index contributed by atoms with van der Waals surface area (Å²) in [4.78, 5) is 0. The van der Waals surface area contributed by atoms with Crippen molar-refractivity contribution >= 4 is 0 Å². The van der Waals surface area contributed by atoms with Gasteiger partial charge in [0.15, 0.2) is 0 Å². The van der Waals surface area contributed by atoms with E-state index in [4.69, 9.17) is 15.2 Å². The first kappa shape index (κ1) is 9.04. The molecule has 1 aliphatic carbocycles. The van der Waals surface area contributed by atoms with Crippen LogP contribution in [0.4, 0.5) is 0 Å². The van der Waals surface area contributed by atoms with E-state index in [0.717, 1.165) is 30.9 Å². The standard InChI is InChI=1S/C12H15NO2/c1-14-10-2-3-11-12-7(6-15-11)4-8(13)5-9(10)12/h2-3,7-8H,4-6,13H2,1H3/t7-,8-/m1/s1. The van der Waals surface area contributed by atoms with E-state index in [1.165, 1.54) is 11.1 Å². The van der Waals surface area contributed by atoms with E-state index in [0.29, 0.717) is 5.92 Å². The molecule has 15 heavy (non-hydrogen) atoms. The van der Waals surface area contributed by atoms with Crippen LogP contribution >= 0.6 is 0 Å². The van der Waals surface area contributed by atoms with Gasteiger partial charge < -0.3 is 15.2 Å². The molecule has 1 aliphatic heterocycles. The number of ether oxygens (including phenoxy) is 2. The molecule has 3 rings (SSSR count). The molecule has 0 bridgehead atoms. The summed E-state index contributed by atoms with van der Waals surface area (Å²) in [5.41, 5.74) is 8.66. The summed E-state index contributed by atoms with van der Waals surface area (Å²) >= 11 is 0. The van der Waals surface area contributed by atoms with Gasteiger partial charge in [-0.05, 0) is 25.0 Å². The highest BCUT2D eigenvalue weighted by Gasteiger charge is 2.34. The Morgan fingerprint density at radius 2 is 2.33 bits per heavy atom. The second-order valence-electron chi connectivity index (χ2n) is 4.37. The van der Waals surface area contributed by atoms with Crippen molar-refractivity contribution in [2.24, 2.45) is 5.73 Å². The lowest BCUT2D eigenvalue weighted by Crippen LogP contribution is -2.30. The van der Waals surface area contributed by atoms with Crippen molar-refractivity contribution in [2.45, 2.75) is 24.8 Å². The first-order valence-corrected chi connectivity index (χ1v) is 5.37. The molecule has 0 spiro atoms. The smallest absolute Gasteiger partial charge is 0.123 e. The van der Waals surface area contributed by atoms with Gasteiger partial charge in [-0.2, -0.15) is 0 Å². The Kier molecular flexibility index (Phi) is 1.89. The number of hydrogen-bond donors (Lipinski definition) is 1. The van der Waals surface area contributed by atoms with E-state index in [1.54, 1.807) is 7.11 Å². The van der Waals surface area contributed by atoms with E-state index in [-0.39, 0.29) is 6.04 Å². The Balaban J connectivity index is 2.18. The molecule has 1 heterocycles. The predicted molar refractivity (Wildman–Crippen MR) is 57.5 cm³/mol. The zero-order valence-electron chi connectivity index (χ0n) is 8.82. The van der Waals surface area contributed by atoms with Gasteiger partial charge in [-0.3, -0.25) is 0 Å². The number of rotatable bonds is 1. The van der Waals surface area contributed by atoms with Crippen LogP contribution in [0.25, 0.3) is 0 Å². The summed E-state index contributed by atoms with van der Waals surface area (Å²) in [5, 5.41) is 0. The highest BCUT2D eigenvalue weighted by Crippen LogP contribution is 2.45. The van der Waals surface area contributed by atoms with Crippen LogP contribution in [-0.2, 0) is 6.42 Å². The third-order valence-corrected chi connectivity index (χ3v) is 3.40. The zero-order valence-corrected chi connectivity index (χ0v) is 8.82. The zero-order chi connectivity index (χ0) is 10.4. The average Bonchev–Trinajstić information content (AvgIpc) is 2.63. The SMILES string of the molecule is COc1ccc2c3c1C[C@H](N)C[C@@H]3CO2. The number of nitrogens with two attached hydrogens (primary N) is 1. The van der Waals surface area contributed by atoms with Gasteiger partial charge in [-0.25, -0.2) is 0 Å². The third-order valence-electron chi connectivity index (χ3n) is 3.40. The van der Waals surface area contributed by atoms with Crippen molar-refractivity contribution in [3.05, 3.63) is 23.3 Å². The molecule has 3 nitrogen and oxygen atoms in total. The van der Waals surface area contributed by atoms with E-state index in [1.807, 2.05) is 12.1 Å². The maximum absolute atomic E-state index is 6.05. The largest absolute Gasteiger partial charge is 0.496 e. The molecule has 0 aromatic heterocycles. The minimum Gasteiger partial charge on any atom is -0.496 e. The van der Waals surface area contributed by atoms with Crippen LogP contribution < -0.4 is 15.2 Å². The molecule has 0 unspecified atom stereocenters. The van der Waals surface area contributed by atoms with Crippen molar-refractivity contribution in [2.75, 3.05) is 13.7 Å². The van der Waals surface area contributed by atoms with E-state index in [9.17, 15) is 0 Å². The van der Waals surface area contributed by atoms with Crippen LogP contribution in [0.5, 0.6) is 11.5 Å². The fourth-order valence-electron chi connectivity index (χ4n) is 2.77. The molecule has 1 aromatic carbocycles. The number of methoxy groups -OCH3 is 1. The van der Waals surface area contributed by atoms with Crippen molar-refractivity contribution in [3.8, 4) is 11.5 Å². The summed E-state index contributed by atoms with van der Waals surface area (Å²) < 4.78 is 11.0. The Labute approximate surface area is 89.2 Å². The quantitative estimate of drug-likeness (QED) is 0.754. The fourth-order valence-corrected chi connectivity index (χ4v) is 2.77. The van der Waals surface area contributed by atoms with Crippen LogP contribution in [0.2, 0.25) is 0 Å². The van der Waals surface area contributed by atoms with Crippen LogP contribution in [0.3, 0.4) is 0 Å². The lowest BCUT2D eigenvalue weighted by molar-refractivity contribution is 0.315. The van der Waals surface area contributed by atoms with Gasteiger partial charge in [-0.15, -0.1) is 0 Å². The Morgan fingerprint density at radius 1 is 1.47 bits per heavy atom. The minimum absolute atomic E-state index is 0.244. The molecule has 80 valence electrons. The van der Waals surface area contributed by atoms with Crippen LogP contribution in [-0.4, -0.2) is 19.8 Å². The number of benzene rings is 1. The highest BCUT2D eigenvalue weighted by molar-refractivity contribution is 5.54. The summed E-state index contributed by atoms with van der Waals surface area (Å²) in [6, 6.07) is 4.23. The van der Waals surface area contributed by atoms with Gasteiger partial charge >= 0.3 is 0 Å². The Morgan fingerprint density at radius 3 is 3.13 bits per heavy atom. The van der Waals surface area contributed by atoms with Crippen molar-refractivity contribution < 1.29 is 9.47 Å². The molecule has 3 heteroatoms. The van der Waals surface area contributed by atoms with Gasteiger partial charge in [0, 0.05) is 23.1 Å².